The third-order valence-electron chi connectivity index (χ3n) is 24.6. The van der Waals surface area contributed by atoms with Crippen molar-refractivity contribution in [3.05, 3.63) is 473 Å². The van der Waals surface area contributed by atoms with E-state index in [1.165, 1.54) is 142 Å². The summed E-state index contributed by atoms with van der Waals surface area (Å²) in [4.78, 5) is 0. The molecule has 4 aromatic heterocycles. The van der Waals surface area contributed by atoms with E-state index in [2.05, 4.69) is 473 Å². The fraction of sp³-hybridized carbons (Fsp3) is 0.0171. The van der Waals surface area contributed by atoms with E-state index in [1.54, 1.807) is 0 Å². The van der Waals surface area contributed by atoms with Crippen LogP contribution in [0.2, 0.25) is 0 Å². The Labute approximate surface area is 717 Å². The molecule has 0 aliphatic rings. The molecule has 0 unspecified atom stereocenters. The molecule has 0 aliphatic heterocycles. The summed E-state index contributed by atoms with van der Waals surface area (Å²) in [6, 6.07) is 172. The van der Waals surface area contributed by atoms with Crippen molar-refractivity contribution in [2.75, 3.05) is 0 Å². The van der Waals surface area contributed by atoms with E-state index in [4.69, 9.17) is 0 Å². The normalized spacial score (nSPS) is 11.4. The molecule has 0 bridgehead atoms. The van der Waals surface area contributed by atoms with Gasteiger partial charge in [0.05, 0.1) is 55.8 Å². The van der Waals surface area contributed by atoms with Crippen molar-refractivity contribution in [3.8, 4) is 95.6 Å². The summed E-state index contributed by atoms with van der Waals surface area (Å²) in [5.74, 6) is 0. The van der Waals surface area contributed by atoms with E-state index >= 15 is 0 Å². The van der Waals surface area contributed by atoms with Crippen molar-refractivity contribution in [1.82, 2.24) is 18.3 Å². The Balaban J connectivity index is 0.000000160. The summed E-state index contributed by atoms with van der Waals surface area (Å²) in [5.41, 5.74) is 28.7. The third-order valence-corrected chi connectivity index (χ3v) is 29.4. The van der Waals surface area contributed by atoms with E-state index in [0.717, 1.165) is 55.7 Å². The van der Waals surface area contributed by atoms with Gasteiger partial charge in [-0.15, -0.1) is 0 Å². The first-order valence-electron chi connectivity index (χ1n) is 41.4. The van der Waals surface area contributed by atoms with Gasteiger partial charge in [0.1, 0.15) is 0 Å². The summed E-state index contributed by atoms with van der Waals surface area (Å²) in [7, 11) is -2.82. The van der Waals surface area contributed by atoms with Crippen LogP contribution in [0.25, 0.3) is 177 Å². The highest BCUT2D eigenvalue weighted by molar-refractivity contribution is 7.20. The van der Waals surface area contributed by atoms with E-state index in [0.29, 0.717) is 5.56 Å². The number of nitriles is 1. The molecule has 123 heavy (non-hydrogen) atoms. The molecule has 4 heterocycles. The molecule has 19 aromatic carbocycles. The molecular formula is C117H85N5Si. The molecule has 582 valence electrons. The van der Waals surface area contributed by atoms with Crippen LogP contribution in [0.5, 0.6) is 0 Å². The maximum atomic E-state index is 9.87. The molecule has 0 aliphatic carbocycles. The van der Waals surface area contributed by atoms with Crippen molar-refractivity contribution < 1.29 is 0 Å². The van der Waals surface area contributed by atoms with Gasteiger partial charge in [-0.2, -0.15) is 5.26 Å². The minimum absolute atomic E-state index is 0. The molecule has 0 atom stereocenters. The smallest absolute Gasteiger partial charge is 0.179 e. The van der Waals surface area contributed by atoms with E-state index < -0.39 is 8.07 Å². The lowest BCUT2D eigenvalue weighted by atomic mass is 9.99. The van der Waals surface area contributed by atoms with Crippen LogP contribution in [0, 0.1) is 11.3 Å². The van der Waals surface area contributed by atoms with Gasteiger partial charge in [0, 0.05) is 65.8 Å². The Hall–Kier alpha value is -15.9. The van der Waals surface area contributed by atoms with Gasteiger partial charge < -0.3 is 18.3 Å². The highest BCUT2D eigenvalue weighted by atomic mass is 28.3. The second kappa shape index (κ2) is 32.1. The van der Waals surface area contributed by atoms with Crippen LogP contribution in [0.15, 0.2) is 467 Å². The Morgan fingerprint density at radius 1 is 0.163 bits per heavy atom. The van der Waals surface area contributed by atoms with Crippen LogP contribution in [0.3, 0.4) is 0 Å². The van der Waals surface area contributed by atoms with Gasteiger partial charge in [0.2, 0.25) is 0 Å². The van der Waals surface area contributed by atoms with E-state index in [1.807, 2.05) is 18.2 Å². The Morgan fingerprint density at radius 2 is 0.415 bits per heavy atom. The number of hydrogen-bond acceptors (Lipinski definition) is 1. The van der Waals surface area contributed by atoms with Gasteiger partial charge >= 0.3 is 0 Å². The standard InChI is InChI=1S/C66H46N2Si.C49H31N3.2CH4/c1-6-19-47(20-7-1)49-21-18-22-50(43-49)48-33-37-54(38-34-48)68-65-41-36-52(51-35-40-64-60(44-51)59-31-16-17-32-63(59)67(64)53-23-8-2-9-24-53)45-61(65)62-46-58(39-42-66(62)68)69(55-25-10-3-11-26-55,56-27-12-4-13-28-56)57-29-14-5-15-30-57;50-32-33-18-25-43-45-31-39(38-21-26-47-44(30-38)42-16-7-8-17-46(42)51(47)40-14-5-2-6-15-40)22-27-48(45)52(49(43)28-33)41-23-19-35(20-24-41)37-13-9-12-36(29-37)34-10-3-1-4-11-34;;/h1-46H;1-31H;2*1H4. The van der Waals surface area contributed by atoms with Crippen LogP contribution in [0.4, 0.5) is 0 Å². The van der Waals surface area contributed by atoms with Crippen LogP contribution in [-0.2, 0) is 0 Å². The lowest BCUT2D eigenvalue weighted by Gasteiger charge is -2.34. The number of rotatable bonds is 14. The summed E-state index contributed by atoms with van der Waals surface area (Å²) in [6.45, 7) is 0. The SMILES string of the molecule is C.C.N#Cc1ccc2c3cc(-c4ccc5c(c4)c4ccccc4n5-c4ccccc4)ccc3n(-c3ccc(-c4cccc(-c5ccccc5)c4)cc3)c2c1.c1ccc(-c2cccc(-c3ccc(-n4c5ccc(-c6ccc7c(c6)c6ccccc6n7-c6ccccc6)cc5c5cc([Si](c6ccccc6)(c6ccccc6)c6ccccc6)ccc54)cc3)c2)cc1. The molecule has 0 saturated heterocycles. The largest absolute Gasteiger partial charge is 0.309 e. The fourth-order valence-corrected chi connectivity index (χ4v) is 23.7. The number of benzene rings is 19. The third kappa shape index (κ3) is 13.3. The summed E-state index contributed by atoms with van der Waals surface area (Å²) in [5, 5.41) is 25.0. The average Bonchev–Trinajstić information content (AvgIpc) is 1.68. The van der Waals surface area contributed by atoms with Gasteiger partial charge in [-0.1, -0.05) is 342 Å². The minimum atomic E-state index is -2.82. The molecule has 0 spiro atoms. The maximum absolute atomic E-state index is 9.87. The lowest BCUT2D eigenvalue weighted by molar-refractivity contribution is 1.18. The topological polar surface area (TPSA) is 43.5 Å². The molecular weight excluding hydrogens is 1500 g/mol. The quantitative estimate of drug-likeness (QED) is 0.0790. The van der Waals surface area contributed by atoms with Gasteiger partial charge in [-0.3, -0.25) is 0 Å². The van der Waals surface area contributed by atoms with E-state index in [-0.39, 0.29) is 14.9 Å². The second-order valence-corrected chi connectivity index (χ2v) is 35.2. The molecule has 23 rings (SSSR count). The zero-order valence-electron chi connectivity index (χ0n) is 66.2. The number of para-hydroxylation sites is 4. The first-order chi connectivity index (χ1) is 59.9. The molecule has 6 heteroatoms. The second-order valence-electron chi connectivity index (χ2n) is 31.4. The highest BCUT2D eigenvalue weighted by Gasteiger charge is 2.42. The van der Waals surface area contributed by atoms with Crippen LogP contribution in [0.1, 0.15) is 20.4 Å². The molecule has 23 aromatic rings. The van der Waals surface area contributed by atoms with Crippen LogP contribution in [-0.4, -0.2) is 26.3 Å². The van der Waals surface area contributed by atoms with Crippen molar-refractivity contribution >= 4 is 116 Å². The fourth-order valence-electron chi connectivity index (χ4n) is 19.0. The Morgan fingerprint density at radius 3 is 0.780 bits per heavy atom. The Bertz CT molecular complexity index is 7800. The van der Waals surface area contributed by atoms with Gasteiger partial charge in [0.15, 0.2) is 8.07 Å². The summed E-state index contributed by atoms with van der Waals surface area (Å²) < 4.78 is 9.50. The van der Waals surface area contributed by atoms with Crippen molar-refractivity contribution in [1.29, 1.82) is 5.26 Å². The van der Waals surface area contributed by atoms with Crippen molar-refractivity contribution in [3.63, 3.8) is 0 Å². The molecule has 0 saturated carbocycles. The molecule has 5 nitrogen and oxygen atoms in total. The summed E-state index contributed by atoms with van der Waals surface area (Å²) in [6.07, 6.45) is 0. The average molecular weight is 1590 g/mol. The van der Waals surface area contributed by atoms with Crippen molar-refractivity contribution in [2.24, 2.45) is 0 Å². The highest BCUT2D eigenvalue weighted by Crippen LogP contribution is 2.43. The van der Waals surface area contributed by atoms with Crippen LogP contribution < -0.4 is 20.7 Å². The minimum Gasteiger partial charge on any atom is -0.309 e. The zero-order chi connectivity index (χ0) is 80.3. The maximum Gasteiger partial charge on any atom is 0.179 e. The zero-order valence-corrected chi connectivity index (χ0v) is 67.2. The van der Waals surface area contributed by atoms with Gasteiger partial charge in [-0.05, 0) is 227 Å². The lowest BCUT2D eigenvalue weighted by Crippen LogP contribution is -2.74. The predicted octanol–water partition coefficient (Wildman–Crippen LogP) is 28.3. The van der Waals surface area contributed by atoms with Gasteiger partial charge in [0.25, 0.3) is 0 Å². The first-order valence-corrected chi connectivity index (χ1v) is 43.4. The monoisotopic (exact) mass is 1590 g/mol. The number of fused-ring (bicyclic) bond motifs is 12. The van der Waals surface area contributed by atoms with E-state index in [9.17, 15) is 5.26 Å². The number of aromatic nitrogens is 4. The number of hydrogen-bond donors (Lipinski definition) is 0. The number of nitrogens with zero attached hydrogens (tertiary/aromatic N) is 5. The molecule has 0 fully saturated rings. The van der Waals surface area contributed by atoms with Crippen molar-refractivity contribution in [2.45, 2.75) is 14.9 Å². The van der Waals surface area contributed by atoms with Crippen LogP contribution >= 0.6 is 0 Å². The molecule has 0 amide bonds. The Kier molecular flexibility index (Phi) is 19.8. The first kappa shape index (κ1) is 75.8. The van der Waals surface area contributed by atoms with Gasteiger partial charge in [-0.25, -0.2) is 0 Å². The summed E-state index contributed by atoms with van der Waals surface area (Å²) >= 11 is 0. The molecule has 0 radical (unpaired) electrons. The molecule has 0 N–H and O–H groups in total. The predicted molar refractivity (Wildman–Crippen MR) is 525 cm³/mol.